The van der Waals surface area contributed by atoms with Gasteiger partial charge in [0.15, 0.2) is 0 Å². The van der Waals surface area contributed by atoms with E-state index >= 15 is 0 Å². The molecule has 1 amide bonds. The second-order valence-electron chi connectivity index (χ2n) is 5.51. The molecule has 1 aliphatic heterocycles. The van der Waals surface area contributed by atoms with E-state index < -0.39 is 0 Å². The number of carbonyl (C=O) groups excluding carboxylic acids is 1. The van der Waals surface area contributed by atoms with E-state index in [1.165, 1.54) is 12.1 Å². The molecule has 1 fully saturated rings. The van der Waals surface area contributed by atoms with E-state index in [-0.39, 0.29) is 23.9 Å². The highest BCUT2D eigenvalue weighted by Gasteiger charge is 2.38. The Balaban J connectivity index is 2.18. The van der Waals surface area contributed by atoms with Crippen LogP contribution in [0.15, 0.2) is 24.3 Å². The predicted molar refractivity (Wildman–Crippen MR) is 81.2 cm³/mol. The summed E-state index contributed by atoms with van der Waals surface area (Å²) < 4.78 is 13.5. The van der Waals surface area contributed by atoms with Crippen LogP contribution in [-0.2, 0) is 4.79 Å². The van der Waals surface area contributed by atoms with Crippen LogP contribution >= 0.6 is 0 Å². The summed E-state index contributed by atoms with van der Waals surface area (Å²) in [6.07, 6.45) is 0.508. The van der Waals surface area contributed by atoms with E-state index in [1.807, 2.05) is 24.9 Å². The van der Waals surface area contributed by atoms with Crippen molar-refractivity contribution in [2.45, 2.75) is 32.5 Å². The van der Waals surface area contributed by atoms with Gasteiger partial charge in [0.25, 0.3) is 0 Å². The Morgan fingerprint density at radius 2 is 2.14 bits per heavy atom. The first-order chi connectivity index (χ1) is 10.1. The number of benzene rings is 1. The molecule has 0 spiro atoms. The van der Waals surface area contributed by atoms with Crippen molar-refractivity contribution < 1.29 is 9.18 Å². The molecule has 116 valence electrons. The smallest absolute Gasteiger partial charge is 0.241 e. The number of halogens is 1. The number of amides is 1. The number of rotatable bonds is 6. The van der Waals surface area contributed by atoms with Crippen molar-refractivity contribution in [1.29, 1.82) is 0 Å². The molecular weight excluding hydrogens is 269 g/mol. The third-order valence-corrected chi connectivity index (χ3v) is 4.09. The van der Waals surface area contributed by atoms with Crippen LogP contribution in [0.25, 0.3) is 0 Å². The van der Waals surface area contributed by atoms with Gasteiger partial charge in [-0.1, -0.05) is 26.0 Å². The van der Waals surface area contributed by atoms with Gasteiger partial charge in [0.2, 0.25) is 5.91 Å². The minimum Gasteiger partial charge on any atom is -0.320 e. The molecule has 0 saturated carbocycles. The number of hydrogen-bond acceptors (Lipinski definition) is 3. The van der Waals surface area contributed by atoms with Crippen LogP contribution in [0.3, 0.4) is 0 Å². The second-order valence-corrected chi connectivity index (χ2v) is 5.51. The van der Waals surface area contributed by atoms with Crippen LogP contribution in [0.2, 0.25) is 0 Å². The lowest BCUT2D eigenvalue weighted by Gasteiger charge is -2.26. The van der Waals surface area contributed by atoms with Crippen molar-refractivity contribution in [1.82, 2.24) is 15.1 Å². The van der Waals surface area contributed by atoms with Crippen molar-refractivity contribution in [3.63, 3.8) is 0 Å². The SMILES string of the molecule is CCC1NC(c2cccc(F)c2)N(CCN(C)CC)C1=O. The van der Waals surface area contributed by atoms with Crippen LogP contribution in [0.1, 0.15) is 32.0 Å². The largest absolute Gasteiger partial charge is 0.320 e. The highest BCUT2D eigenvalue weighted by molar-refractivity contribution is 5.84. The highest BCUT2D eigenvalue weighted by atomic mass is 19.1. The number of nitrogens with one attached hydrogen (secondary N) is 1. The van der Waals surface area contributed by atoms with Gasteiger partial charge < -0.3 is 9.80 Å². The first-order valence-electron chi connectivity index (χ1n) is 7.57. The third-order valence-electron chi connectivity index (χ3n) is 4.09. The van der Waals surface area contributed by atoms with Gasteiger partial charge in [0.1, 0.15) is 12.0 Å². The molecule has 1 aromatic rings. The Bertz CT molecular complexity index is 494. The minimum atomic E-state index is -0.271. The van der Waals surface area contributed by atoms with Crippen molar-refractivity contribution in [3.8, 4) is 0 Å². The van der Waals surface area contributed by atoms with E-state index in [0.717, 1.165) is 25.1 Å². The van der Waals surface area contributed by atoms with Crippen LogP contribution in [0.4, 0.5) is 4.39 Å². The van der Waals surface area contributed by atoms with E-state index in [0.29, 0.717) is 6.54 Å². The molecule has 2 rings (SSSR count). The molecule has 0 bridgehead atoms. The number of hydrogen-bond donors (Lipinski definition) is 1. The van der Waals surface area contributed by atoms with Gasteiger partial charge in [-0.15, -0.1) is 0 Å². The Kier molecular flexibility index (Phi) is 5.31. The van der Waals surface area contributed by atoms with Gasteiger partial charge in [-0.05, 0) is 37.7 Å². The maximum Gasteiger partial charge on any atom is 0.241 e. The van der Waals surface area contributed by atoms with Crippen molar-refractivity contribution in [2.75, 3.05) is 26.7 Å². The number of nitrogens with zero attached hydrogens (tertiary/aromatic N) is 2. The average Bonchev–Trinajstić information content (AvgIpc) is 2.81. The lowest BCUT2D eigenvalue weighted by atomic mass is 10.1. The van der Waals surface area contributed by atoms with Crippen molar-refractivity contribution in [2.24, 2.45) is 0 Å². The molecular formula is C16H24FN3O. The van der Waals surface area contributed by atoms with Crippen LogP contribution < -0.4 is 5.32 Å². The van der Waals surface area contributed by atoms with E-state index in [2.05, 4.69) is 17.1 Å². The summed E-state index contributed by atoms with van der Waals surface area (Å²) in [5.74, 6) is -0.163. The second kappa shape index (κ2) is 7.00. The van der Waals surface area contributed by atoms with Crippen LogP contribution in [0.5, 0.6) is 0 Å². The highest BCUT2D eigenvalue weighted by Crippen LogP contribution is 2.26. The van der Waals surface area contributed by atoms with Gasteiger partial charge in [0.05, 0.1) is 6.04 Å². The molecule has 1 heterocycles. The molecule has 2 atom stereocenters. The van der Waals surface area contributed by atoms with E-state index in [4.69, 9.17) is 0 Å². The summed E-state index contributed by atoms with van der Waals surface area (Å²) in [6.45, 7) is 6.47. The summed E-state index contributed by atoms with van der Waals surface area (Å²) in [4.78, 5) is 16.4. The molecule has 1 aliphatic rings. The summed E-state index contributed by atoms with van der Waals surface area (Å²) in [7, 11) is 2.03. The fourth-order valence-corrected chi connectivity index (χ4v) is 2.60. The molecule has 0 aromatic heterocycles. The number of likely N-dealkylation sites (N-methyl/N-ethyl adjacent to an activating group) is 1. The lowest BCUT2D eigenvalue weighted by molar-refractivity contribution is -0.130. The lowest BCUT2D eigenvalue weighted by Crippen LogP contribution is -2.37. The Labute approximate surface area is 125 Å². The average molecular weight is 293 g/mol. The summed E-state index contributed by atoms with van der Waals surface area (Å²) in [5, 5.41) is 3.32. The van der Waals surface area contributed by atoms with Gasteiger partial charge in [-0.2, -0.15) is 0 Å². The fourth-order valence-electron chi connectivity index (χ4n) is 2.60. The predicted octanol–water partition coefficient (Wildman–Crippen LogP) is 1.99. The number of carbonyl (C=O) groups is 1. The quantitative estimate of drug-likeness (QED) is 0.871. The zero-order chi connectivity index (χ0) is 15.4. The fraction of sp³-hybridized carbons (Fsp3) is 0.562. The normalized spacial score (nSPS) is 22.3. The molecule has 1 aromatic carbocycles. The molecule has 1 N–H and O–H groups in total. The molecule has 0 aliphatic carbocycles. The van der Waals surface area contributed by atoms with Crippen molar-refractivity contribution in [3.05, 3.63) is 35.6 Å². The Morgan fingerprint density at radius 1 is 1.38 bits per heavy atom. The van der Waals surface area contributed by atoms with Gasteiger partial charge >= 0.3 is 0 Å². The summed E-state index contributed by atoms with van der Waals surface area (Å²) in [6, 6.07) is 6.30. The summed E-state index contributed by atoms with van der Waals surface area (Å²) >= 11 is 0. The standard InChI is InChI=1S/C16H24FN3O/c1-4-14-16(21)20(10-9-19(3)5-2)15(18-14)12-7-6-8-13(17)11-12/h6-8,11,14-15,18H,4-5,9-10H2,1-3H3. The van der Waals surface area contributed by atoms with Crippen LogP contribution in [-0.4, -0.2) is 48.4 Å². The molecule has 2 unspecified atom stereocenters. The molecule has 4 nitrogen and oxygen atoms in total. The van der Waals surface area contributed by atoms with Crippen molar-refractivity contribution >= 4 is 5.91 Å². The third kappa shape index (κ3) is 3.60. The molecule has 0 radical (unpaired) electrons. The summed E-state index contributed by atoms with van der Waals surface area (Å²) in [5.41, 5.74) is 0.804. The Hall–Kier alpha value is -1.46. The first-order valence-corrected chi connectivity index (χ1v) is 7.57. The maximum absolute atomic E-state index is 13.5. The van der Waals surface area contributed by atoms with Gasteiger partial charge in [-0.3, -0.25) is 10.1 Å². The van der Waals surface area contributed by atoms with Crippen LogP contribution in [0, 0.1) is 5.82 Å². The Morgan fingerprint density at radius 3 is 2.76 bits per heavy atom. The zero-order valence-electron chi connectivity index (χ0n) is 13.0. The van der Waals surface area contributed by atoms with E-state index in [9.17, 15) is 9.18 Å². The minimum absolute atomic E-state index is 0.108. The van der Waals surface area contributed by atoms with E-state index in [1.54, 1.807) is 6.07 Å². The van der Waals surface area contributed by atoms with Gasteiger partial charge in [0, 0.05) is 13.1 Å². The maximum atomic E-state index is 13.5. The topological polar surface area (TPSA) is 35.6 Å². The van der Waals surface area contributed by atoms with Gasteiger partial charge in [-0.25, -0.2) is 4.39 Å². The monoisotopic (exact) mass is 293 g/mol. The first kappa shape index (κ1) is 15.9. The molecule has 5 heteroatoms. The molecule has 1 saturated heterocycles. The molecule has 21 heavy (non-hydrogen) atoms. The zero-order valence-corrected chi connectivity index (χ0v) is 13.0.